The van der Waals surface area contributed by atoms with Crippen LogP contribution in [0, 0.1) is 0 Å². The van der Waals surface area contributed by atoms with Crippen molar-refractivity contribution in [3.8, 4) is 5.75 Å². The minimum atomic E-state index is -0.131. The lowest BCUT2D eigenvalue weighted by Gasteiger charge is -2.34. The van der Waals surface area contributed by atoms with Crippen LogP contribution in [-0.2, 0) is 4.79 Å². The number of ether oxygens (including phenoxy) is 1. The summed E-state index contributed by atoms with van der Waals surface area (Å²) < 4.78 is 5.28. The highest BCUT2D eigenvalue weighted by Gasteiger charge is 2.27. The Morgan fingerprint density at radius 1 is 1.17 bits per heavy atom. The predicted octanol–water partition coefficient (Wildman–Crippen LogP) is 2.77. The van der Waals surface area contributed by atoms with E-state index >= 15 is 0 Å². The number of ketones is 1. The Morgan fingerprint density at radius 2 is 1.87 bits per heavy atom. The molecule has 2 aromatic rings. The molecule has 2 aromatic carbocycles. The van der Waals surface area contributed by atoms with Gasteiger partial charge < -0.3 is 10.1 Å². The van der Waals surface area contributed by atoms with E-state index < -0.39 is 0 Å². The number of hydrogen-bond acceptors (Lipinski definition) is 4. The van der Waals surface area contributed by atoms with Crippen LogP contribution >= 0.6 is 0 Å². The van der Waals surface area contributed by atoms with E-state index in [9.17, 15) is 4.79 Å². The van der Waals surface area contributed by atoms with Crippen molar-refractivity contribution in [2.75, 3.05) is 33.3 Å². The first-order valence-corrected chi connectivity index (χ1v) is 8.28. The maximum absolute atomic E-state index is 12.6. The molecule has 1 fully saturated rings. The van der Waals surface area contributed by atoms with E-state index in [0.717, 1.165) is 48.3 Å². The molecule has 0 aromatic heterocycles. The third-order valence-corrected chi connectivity index (χ3v) is 4.56. The molecule has 4 heteroatoms. The van der Waals surface area contributed by atoms with Gasteiger partial charge in [0.1, 0.15) is 5.75 Å². The van der Waals surface area contributed by atoms with Crippen molar-refractivity contribution in [1.29, 1.82) is 0 Å². The maximum Gasteiger partial charge on any atom is 0.154 e. The molecule has 0 saturated carbocycles. The molecule has 3 rings (SSSR count). The summed E-state index contributed by atoms with van der Waals surface area (Å²) in [5.41, 5.74) is 1.09. The van der Waals surface area contributed by atoms with Gasteiger partial charge in [0.2, 0.25) is 0 Å². The molecule has 1 unspecified atom stereocenters. The van der Waals surface area contributed by atoms with Gasteiger partial charge in [0.25, 0.3) is 0 Å². The molecule has 122 valence electrons. The molecular weight excluding hydrogens is 288 g/mol. The third-order valence-electron chi connectivity index (χ3n) is 4.56. The molecule has 1 saturated heterocycles. The Kier molecular flexibility index (Phi) is 4.94. The SMILES string of the molecule is CCC(=O)C(c1ccc2cc(OC)ccc2c1)N1CCNCC1. The number of carbonyl (C=O) groups is 1. The van der Waals surface area contributed by atoms with Crippen molar-refractivity contribution in [2.24, 2.45) is 0 Å². The van der Waals surface area contributed by atoms with E-state index in [1.165, 1.54) is 0 Å². The predicted molar refractivity (Wildman–Crippen MR) is 93.0 cm³/mol. The summed E-state index contributed by atoms with van der Waals surface area (Å²) in [6.07, 6.45) is 0.565. The van der Waals surface area contributed by atoms with E-state index in [4.69, 9.17) is 4.74 Å². The zero-order valence-corrected chi connectivity index (χ0v) is 13.8. The number of nitrogens with one attached hydrogen (secondary N) is 1. The highest BCUT2D eigenvalue weighted by molar-refractivity contribution is 5.89. The zero-order valence-electron chi connectivity index (χ0n) is 13.8. The quantitative estimate of drug-likeness (QED) is 0.922. The van der Waals surface area contributed by atoms with Gasteiger partial charge in [-0.25, -0.2) is 0 Å². The van der Waals surface area contributed by atoms with Crippen LogP contribution in [0.25, 0.3) is 10.8 Å². The molecule has 1 heterocycles. The van der Waals surface area contributed by atoms with Gasteiger partial charge >= 0.3 is 0 Å². The standard InChI is InChI=1S/C19H24N2O2/c1-3-18(22)19(21-10-8-20-9-11-21)16-5-4-15-13-17(23-2)7-6-14(15)12-16/h4-7,12-13,19-20H,3,8-11H2,1-2H3. The average Bonchev–Trinajstić information content (AvgIpc) is 2.62. The van der Waals surface area contributed by atoms with E-state index in [0.29, 0.717) is 12.2 Å². The topological polar surface area (TPSA) is 41.6 Å². The van der Waals surface area contributed by atoms with Crippen molar-refractivity contribution in [1.82, 2.24) is 10.2 Å². The van der Waals surface area contributed by atoms with Crippen molar-refractivity contribution in [3.63, 3.8) is 0 Å². The first-order chi connectivity index (χ1) is 11.2. The van der Waals surface area contributed by atoms with Gasteiger partial charge in [-0.3, -0.25) is 9.69 Å². The Hall–Kier alpha value is -1.91. The summed E-state index contributed by atoms with van der Waals surface area (Å²) in [5.74, 6) is 1.15. The zero-order chi connectivity index (χ0) is 16.2. The van der Waals surface area contributed by atoms with E-state index in [1.807, 2.05) is 19.1 Å². The summed E-state index contributed by atoms with van der Waals surface area (Å²) in [4.78, 5) is 14.9. The number of rotatable bonds is 5. The Labute approximate surface area is 137 Å². The Morgan fingerprint density at radius 3 is 2.57 bits per heavy atom. The second-order valence-electron chi connectivity index (χ2n) is 5.98. The van der Waals surface area contributed by atoms with Crippen LogP contribution in [0.15, 0.2) is 36.4 Å². The lowest BCUT2D eigenvalue weighted by Crippen LogP contribution is -2.47. The van der Waals surface area contributed by atoms with Crippen LogP contribution in [0.5, 0.6) is 5.75 Å². The molecule has 23 heavy (non-hydrogen) atoms. The van der Waals surface area contributed by atoms with E-state index in [1.54, 1.807) is 7.11 Å². The molecule has 4 nitrogen and oxygen atoms in total. The summed E-state index contributed by atoms with van der Waals surface area (Å²) >= 11 is 0. The van der Waals surface area contributed by atoms with Crippen molar-refractivity contribution in [2.45, 2.75) is 19.4 Å². The van der Waals surface area contributed by atoms with Gasteiger partial charge in [-0.2, -0.15) is 0 Å². The van der Waals surface area contributed by atoms with E-state index in [-0.39, 0.29) is 6.04 Å². The number of fused-ring (bicyclic) bond motifs is 1. The van der Waals surface area contributed by atoms with Gasteiger partial charge in [-0.1, -0.05) is 25.1 Å². The fourth-order valence-corrected chi connectivity index (χ4v) is 3.27. The molecule has 1 aliphatic rings. The van der Waals surface area contributed by atoms with Crippen molar-refractivity contribution in [3.05, 3.63) is 42.0 Å². The first kappa shape index (κ1) is 16.0. The monoisotopic (exact) mass is 312 g/mol. The molecule has 1 N–H and O–H groups in total. The number of hydrogen-bond donors (Lipinski definition) is 1. The number of methoxy groups -OCH3 is 1. The molecule has 0 spiro atoms. The fourth-order valence-electron chi connectivity index (χ4n) is 3.27. The number of Topliss-reactive ketones (excluding diaryl/α,β-unsaturated/α-hetero) is 1. The second-order valence-corrected chi connectivity index (χ2v) is 5.98. The second kappa shape index (κ2) is 7.11. The van der Waals surface area contributed by atoms with Gasteiger partial charge in [0, 0.05) is 32.6 Å². The highest BCUT2D eigenvalue weighted by atomic mass is 16.5. The highest BCUT2D eigenvalue weighted by Crippen LogP contribution is 2.28. The molecule has 0 radical (unpaired) electrons. The number of nitrogens with zero attached hydrogens (tertiary/aromatic N) is 1. The number of benzene rings is 2. The minimum Gasteiger partial charge on any atom is -0.497 e. The van der Waals surface area contributed by atoms with Crippen molar-refractivity contribution < 1.29 is 9.53 Å². The van der Waals surface area contributed by atoms with Crippen LogP contribution < -0.4 is 10.1 Å². The number of carbonyl (C=O) groups excluding carboxylic acids is 1. The van der Waals surface area contributed by atoms with E-state index in [2.05, 4.69) is 34.5 Å². The van der Waals surface area contributed by atoms with Gasteiger partial charge in [0.05, 0.1) is 13.2 Å². The summed E-state index contributed by atoms with van der Waals surface area (Å²) in [5, 5.41) is 5.63. The average molecular weight is 312 g/mol. The van der Waals surface area contributed by atoms with Crippen LogP contribution in [0.1, 0.15) is 24.9 Å². The third kappa shape index (κ3) is 3.38. The number of piperazine rings is 1. The van der Waals surface area contributed by atoms with Gasteiger partial charge in [-0.05, 0) is 34.5 Å². The molecule has 1 aliphatic heterocycles. The van der Waals surface area contributed by atoms with Crippen LogP contribution in [0.3, 0.4) is 0 Å². The van der Waals surface area contributed by atoms with Crippen LogP contribution in [0.2, 0.25) is 0 Å². The Bertz CT molecular complexity index is 693. The summed E-state index contributed by atoms with van der Waals surface area (Å²) in [6.45, 7) is 5.66. The minimum absolute atomic E-state index is 0.131. The fraction of sp³-hybridized carbons (Fsp3) is 0.421. The molecular formula is C19H24N2O2. The van der Waals surface area contributed by atoms with Crippen molar-refractivity contribution >= 4 is 16.6 Å². The lowest BCUT2D eigenvalue weighted by molar-refractivity contribution is -0.124. The molecule has 0 aliphatic carbocycles. The maximum atomic E-state index is 12.6. The molecule has 0 amide bonds. The van der Waals surface area contributed by atoms with Gasteiger partial charge in [0.15, 0.2) is 5.78 Å². The van der Waals surface area contributed by atoms with Gasteiger partial charge in [-0.15, -0.1) is 0 Å². The van der Waals surface area contributed by atoms with Crippen LogP contribution in [-0.4, -0.2) is 44.0 Å². The first-order valence-electron chi connectivity index (χ1n) is 8.28. The largest absolute Gasteiger partial charge is 0.497 e. The Balaban J connectivity index is 1.97. The van der Waals surface area contributed by atoms with Crippen LogP contribution in [0.4, 0.5) is 0 Å². The molecule has 1 atom stereocenters. The summed E-state index contributed by atoms with van der Waals surface area (Å²) in [7, 11) is 1.68. The summed E-state index contributed by atoms with van der Waals surface area (Å²) in [6, 6.07) is 12.2. The molecule has 0 bridgehead atoms. The smallest absolute Gasteiger partial charge is 0.154 e. The lowest BCUT2D eigenvalue weighted by atomic mass is 9.96. The normalized spacial score (nSPS) is 17.1.